The number of thioether (sulfide) groups is 2. The molecule has 0 atom stereocenters. The summed E-state index contributed by atoms with van der Waals surface area (Å²) in [5.41, 5.74) is 1.08. The summed E-state index contributed by atoms with van der Waals surface area (Å²) in [6.45, 7) is 9.53. The lowest BCUT2D eigenvalue weighted by molar-refractivity contribution is 0.203. The van der Waals surface area contributed by atoms with Crippen LogP contribution in [0, 0.1) is 6.92 Å². The maximum atomic E-state index is 13.5. The second-order valence-electron chi connectivity index (χ2n) is 5.33. The van der Waals surface area contributed by atoms with Crippen LogP contribution < -0.4 is 0 Å². The molecule has 6 nitrogen and oxygen atoms in total. The van der Waals surface area contributed by atoms with Crippen LogP contribution in [0.4, 0.5) is 0 Å². The Bertz CT molecular complexity index is 635. The fourth-order valence-electron chi connectivity index (χ4n) is 2.40. The van der Waals surface area contributed by atoms with Crippen molar-refractivity contribution in [3.8, 4) is 0 Å². The highest BCUT2D eigenvalue weighted by atomic mass is 32.2. The average molecular weight is 457 g/mol. The van der Waals surface area contributed by atoms with Crippen LogP contribution >= 0.6 is 38.7 Å². The predicted octanol–water partition coefficient (Wildman–Crippen LogP) is 6.62. The van der Waals surface area contributed by atoms with Gasteiger partial charge < -0.3 is 18.1 Å². The summed E-state index contributed by atoms with van der Waals surface area (Å²) in [5.74, 6) is 0. The standard InChI is InChI=1S/C17H30O6P2S2/c1-7-20-24(18,21-8-2)17(25(19,22-9-3)23-10-4)27-15-11-12-16(26-6)14(5)13-15/h11-13,17H,7-10H2,1-6H3. The molecule has 0 spiro atoms. The molecule has 156 valence electrons. The topological polar surface area (TPSA) is 71.1 Å². The molecule has 0 aliphatic carbocycles. The van der Waals surface area contributed by atoms with E-state index >= 15 is 0 Å². The molecule has 1 aromatic carbocycles. The number of aryl methyl sites for hydroxylation is 1. The first-order valence-electron chi connectivity index (χ1n) is 8.89. The number of hydrogen-bond donors (Lipinski definition) is 0. The predicted molar refractivity (Wildman–Crippen MR) is 114 cm³/mol. The monoisotopic (exact) mass is 456 g/mol. The third-order valence-electron chi connectivity index (χ3n) is 3.39. The molecule has 1 aromatic rings. The molecule has 0 radical (unpaired) electrons. The second kappa shape index (κ2) is 12.0. The molecule has 0 heterocycles. The molecule has 27 heavy (non-hydrogen) atoms. The van der Waals surface area contributed by atoms with Crippen molar-refractivity contribution in [3.63, 3.8) is 0 Å². The van der Waals surface area contributed by atoms with Crippen LogP contribution in [0.3, 0.4) is 0 Å². The highest BCUT2D eigenvalue weighted by molar-refractivity contribution is 8.12. The van der Waals surface area contributed by atoms with Gasteiger partial charge in [-0.1, -0.05) is 11.8 Å². The molecule has 0 saturated carbocycles. The molecule has 1 rings (SSSR count). The summed E-state index contributed by atoms with van der Waals surface area (Å²) >= 11 is 2.81. The van der Waals surface area contributed by atoms with Gasteiger partial charge in [-0.15, -0.1) is 11.8 Å². The molecule has 0 bridgehead atoms. The van der Waals surface area contributed by atoms with Gasteiger partial charge in [0.15, 0.2) is 0 Å². The summed E-state index contributed by atoms with van der Waals surface area (Å²) in [6.07, 6.45) is 2.01. The fraction of sp³-hybridized carbons (Fsp3) is 0.647. The molecule has 0 unspecified atom stereocenters. The van der Waals surface area contributed by atoms with Crippen molar-refractivity contribution < 1.29 is 27.2 Å². The van der Waals surface area contributed by atoms with Crippen molar-refractivity contribution in [2.75, 3.05) is 32.7 Å². The highest BCUT2D eigenvalue weighted by Crippen LogP contribution is 2.74. The molecule has 0 aliphatic rings. The SMILES string of the molecule is CCOP(=O)(OCC)C(Sc1ccc(SC)c(C)c1)P(=O)(OCC)OCC. The van der Waals surface area contributed by atoms with Gasteiger partial charge in [0.2, 0.25) is 4.73 Å². The molecular formula is C17H30O6P2S2. The Morgan fingerprint density at radius 2 is 1.33 bits per heavy atom. The van der Waals surface area contributed by atoms with E-state index in [1.165, 1.54) is 0 Å². The van der Waals surface area contributed by atoms with Gasteiger partial charge in [-0.25, -0.2) is 0 Å². The first-order valence-corrected chi connectivity index (χ1v) is 14.2. The minimum absolute atomic E-state index is 0.164. The zero-order valence-electron chi connectivity index (χ0n) is 16.8. The van der Waals surface area contributed by atoms with Crippen molar-refractivity contribution in [1.82, 2.24) is 0 Å². The summed E-state index contributed by atoms with van der Waals surface area (Å²) < 4.78 is 47.9. The molecule has 0 aromatic heterocycles. The van der Waals surface area contributed by atoms with E-state index in [2.05, 4.69) is 0 Å². The third kappa shape index (κ3) is 6.90. The molecule has 0 saturated heterocycles. The van der Waals surface area contributed by atoms with Gasteiger partial charge in [0.25, 0.3) is 0 Å². The van der Waals surface area contributed by atoms with Crippen LogP contribution in [0.2, 0.25) is 0 Å². The summed E-state index contributed by atoms with van der Waals surface area (Å²) in [4.78, 5) is 1.95. The van der Waals surface area contributed by atoms with Gasteiger partial charge in [-0.2, -0.15) is 0 Å². The van der Waals surface area contributed by atoms with E-state index in [0.717, 1.165) is 27.1 Å². The highest BCUT2D eigenvalue weighted by Gasteiger charge is 2.51. The van der Waals surface area contributed by atoms with Gasteiger partial charge >= 0.3 is 15.2 Å². The Morgan fingerprint density at radius 3 is 1.67 bits per heavy atom. The zero-order valence-corrected chi connectivity index (χ0v) is 20.2. The van der Waals surface area contributed by atoms with Crippen molar-refractivity contribution >= 4 is 38.7 Å². The molecule has 0 aliphatic heterocycles. The van der Waals surface area contributed by atoms with Gasteiger partial charge in [-0.05, 0) is 64.6 Å². The van der Waals surface area contributed by atoms with Crippen LogP contribution in [0.1, 0.15) is 33.3 Å². The van der Waals surface area contributed by atoms with Crippen molar-refractivity contribution in [2.45, 2.75) is 49.1 Å². The van der Waals surface area contributed by atoms with Gasteiger partial charge in [0, 0.05) is 9.79 Å². The molecule has 10 heteroatoms. The Labute approximate surface area is 171 Å². The van der Waals surface area contributed by atoms with E-state index in [9.17, 15) is 9.13 Å². The Morgan fingerprint density at radius 1 is 0.889 bits per heavy atom. The van der Waals surface area contributed by atoms with Crippen LogP contribution in [0.5, 0.6) is 0 Å². The molecule has 0 amide bonds. The van der Waals surface area contributed by atoms with Gasteiger partial charge in [-0.3, -0.25) is 9.13 Å². The minimum atomic E-state index is -3.77. The molecular weight excluding hydrogens is 426 g/mol. The van der Waals surface area contributed by atoms with E-state index in [-0.39, 0.29) is 26.4 Å². The maximum Gasteiger partial charge on any atom is 0.356 e. The van der Waals surface area contributed by atoms with Gasteiger partial charge in [0.1, 0.15) is 0 Å². The van der Waals surface area contributed by atoms with Gasteiger partial charge in [0.05, 0.1) is 26.4 Å². The quantitative estimate of drug-likeness (QED) is 0.242. The lowest BCUT2D eigenvalue weighted by Crippen LogP contribution is -2.15. The lowest BCUT2D eigenvalue weighted by atomic mass is 10.2. The maximum absolute atomic E-state index is 13.5. The zero-order chi connectivity index (χ0) is 20.5. The van der Waals surface area contributed by atoms with Crippen molar-refractivity contribution in [2.24, 2.45) is 0 Å². The van der Waals surface area contributed by atoms with E-state index in [4.69, 9.17) is 18.1 Å². The lowest BCUT2D eigenvalue weighted by Gasteiger charge is -2.30. The van der Waals surface area contributed by atoms with Crippen LogP contribution in [0.25, 0.3) is 0 Å². The number of benzene rings is 1. The normalized spacial score (nSPS) is 12.7. The first kappa shape index (κ1) is 25.3. The molecule has 0 N–H and O–H groups in total. The van der Waals surface area contributed by atoms with Crippen LogP contribution in [-0.4, -0.2) is 37.4 Å². The van der Waals surface area contributed by atoms with E-state index in [0.29, 0.717) is 0 Å². The smallest absolute Gasteiger partial charge is 0.308 e. The van der Waals surface area contributed by atoms with E-state index < -0.39 is 19.9 Å². The Balaban J connectivity index is 3.41. The minimum Gasteiger partial charge on any atom is -0.308 e. The second-order valence-corrected chi connectivity index (χ2v) is 12.7. The first-order chi connectivity index (χ1) is 12.8. The fourth-order valence-corrected chi connectivity index (χ4v) is 10.4. The van der Waals surface area contributed by atoms with E-state index in [1.54, 1.807) is 39.5 Å². The third-order valence-corrected chi connectivity index (χ3v) is 12.5. The summed E-state index contributed by atoms with van der Waals surface area (Å²) in [7, 11) is -7.53. The van der Waals surface area contributed by atoms with Crippen LogP contribution in [-0.2, 0) is 27.2 Å². The van der Waals surface area contributed by atoms with Crippen molar-refractivity contribution in [3.05, 3.63) is 23.8 Å². The Kier molecular flexibility index (Phi) is 11.3. The average Bonchev–Trinajstić information content (AvgIpc) is 2.60. The number of rotatable bonds is 13. The number of hydrogen-bond acceptors (Lipinski definition) is 8. The van der Waals surface area contributed by atoms with Crippen molar-refractivity contribution in [1.29, 1.82) is 0 Å². The largest absolute Gasteiger partial charge is 0.356 e. The van der Waals surface area contributed by atoms with E-state index in [1.807, 2.05) is 31.4 Å². The van der Waals surface area contributed by atoms with Crippen LogP contribution in [0.15, 0.2) is 28.0 Å². The summed E-state index contributed by atoms with van der Waals surface area (Å²) in [6, 6.07) is 5.85. The molecule has 0 fully saturated rings. The Hall–Kier alpha value is 0.220. The summed E-state index contributed by atoms with van der Waals surface area (Å²) in [5, 5.41) is 0.